The molecule has 0 fully saturated rings. The maximum absolute atomic E-state index is 8.91. The van der Waals surface area contributed by atoms with Crippen molar-refractivity contribution in [1.82, 2.24) is 0 Å². The molecule has 0 unspecified atom stereocenters. The van der Waals surface area contributed by atoms with Gasteiger partial charge in [-0.05, 0) is 30.3 Å². The zero-order valence-electron chi connectivity index (χ0n) is 9.81. The van der Waals surface area contributed by atoms with Crippen molar-refractivity contribution in [2.75, 3.05) is 11.1 Å². The van der Waals surface area contributed by atoms with Crippen LogP contribution in [0.15, 0.2) is 36.4 Å². The van der Waals surface area contributed by atoms with Gasteiger partial charge in [0.1, 0.15) is 6.07 Å². The van der Waals surface area contributed by atoms with E-state index in [0.717, 1.165) is 0 Å². The summed E-state index contributed by atoms with van der Waals surface area (Å²) < 4.78 is 0. The van der Waals surface area contributed by atoms with Gasteiger partial charge in [-0.15, -0.1) is 0 Å². The fraction of sp³-hybridized carbons (Fsp3) is 0. The molecule has 5 heteroatoms. The largest absolute Gasteiger partial charge is 0.396 e. The molecule has 0 spiro atoms. The number of benzene rings is 2. The van der Waals surface area contributed by atoms with Crippen molar-refractivity contribution in [3.05, 3.63) is 52.5 Å². The molecule has 0 bridgehead atoms. The highest BCUT2D eigenvalue weighted by Crippen LogP contribution is 2.30. The lowest BCUT2D eigenvalue weighted by Gasteiger charge is -2.11. The summed E-state index contributed by atoms with van der Waals surface area (Å²) in [5.74, 6) is 0. The van der Waals surface area contributed by atoms with Gasteiger partial charge >= 0.3 is 0 Å². The van der Waals surface area contributed by atoms with Gasteiger partial charge in [0.15, 0.2) is 0 Å². The molecule has 92 valence electrons. The van der Waals surface area contributed by atoms with E-state index in [4.69, 9.17) is 27.9 Å². The maximum Gasteiger partial charge on any atom is 0.101 e. The molecule has 0 aliphatic rings. The molecule has 4 nitrogen and oxygen atoms in total. The number of halogens is 1. The van der Waals surface area contributed by atoms with Crippen molar-refractivity contribution in [2.24, 2.45) is 0 Å². The molecule has 0 saturated heterocycles. The van der Waals surface area contributed by atoms with Crippen LogP contribution in [0, 0.1) is 22.7 Å². The van der Waals surface area contributed by atoms with Gasteiger partial charge in [0.25, 0.3) is 0 Å². The highest BCUT2D eigenvalue weighted by atomic mass is 35.5. The van der Waals surface area contributed by atoms with Crippen LogP contribution in [0.1, 0.15) is 11.1 Å². The molecule has 0 saturated carbocycles. The molecule has 2 aromatic rings. The summed E-state index contributed by atoms with van der Waals surface area (Å²) in [6.45, 7) is 0. The Morgan fingerprint density at radius 3 is 2.47 bits per heavy atom. The van der Waals surface area contributed by atoms with Crippen molar-refractivity contribution in [3.63, 3.8) is 0 Å². The summed E-state index contributed by atoms with van der Waals surface area (Å²) in [6.07, 6.45) is 0. The Bertz CT molecular complexity index is 710. The van der Waals surface area contributed by atoms with Gasteiger partial charge in [-0.25, -0.2) is 0 Å². The first-order chi connectivity index (χ1) is 9.15. The Hall–Kier alpha value is -2.69. The van der Waals surface area contributed by atoms with Crippen molar-refractivity contribution in [2.45, 2.75) is 0 Å². The number of nitriles is 2. The number of hydrogen-bond acceptors (Lipinski definition) is 4. The molecule has 19 heavy (non-hydrogen) atoms. The molecule has 0 radical (unpaired) electrons. The minimum absolute atomic E-state index is 0.366. The number of hydrogen-bond donors (Lipinski definition) is 2. The van der Waals surface area contributed by atoms with E-state index in [9.17, 15) is 0 Å². The van der Waals surface area contributed by atoms with Gasteiger partial charge < -0.3 is 11.1 Å². The lowest BCUT2D eigenvalue weighted by molar-refractivity contribution is 1.46. The third-order valence-electron chi connectivity index (χ3n) is 2.59. The Balaban J connectivity index is 2.38. The van der Waals surface area contributed by atoms with Crippen LogP contribution >= 0.6 is 11.6 Å². The summed E-state index contributed by atoms with van der Waals surface area (Å²) in [5, 5.41) is 21.1. The van der Waals surface area contributed by atoms with E-state index in [1.807, 2.05) is 12.1 Å². The fourth-order valence-corrected chi connectivity index (χ4v) is 1.83. The average molecular weight is 269 g/mol. The standard InChI is InChI=1S/C14H9ClN4/c15-11-6-9(7-16)4-5-12(11)19-13-3-1-2-10(8-17)14(13)18/h1-6,19H,18H2. The number of anilines is 3. The Kier molecular flexibility index (Phi) is 3.56. The quantitative estimate of drug-likeness (QED) is 0.817. The lowest BCUT2D eigenvalue weighted by Crippen LogP contribution is -1.99. The van der Waals surface area contributed by atoms with E-state index in [1.54, 1.807) is 36.4 Å². The van der Waals surface area contributed by atoms with E-state index >= 15 is 0 Å². The van der Waals surface area contributed by atoms with Gasteiger partial charge in [0, 0.05) is 0 Å². The van der Waals surface area contributed by atoms with E-state index in [2.05, 4.69) is 5.32 Å². The van der Waals surface area contributed by atoms with Gasteiger partial charge in [-0.1, -0.05) is 17.7 Å². The monoisotopic (exact) mass is 268 g/mol. The minimum Gasteiger partial charge on any atom is -0.396 e. The van der Waals surface area contributed by atoms with Crippen molar-refractivity contribution in [3.8, 4) is 12.1 Å². The first kappa shape index (κ1) is 12.8. The summed E-state index contributed by atoms with van der Waals surface area (Å²) in [7, 11) is 0. The number of nitrogen functional groups attached to an aromatic ring is 1. The van der Waals surface area contributed by atoms with Gasteiger partial charge in [0.05, 0.1) is 39.3 Å². The molecular weight excluding hydrogens is 260 g/mol. The third kappa shape index (κ3) is 2.60. The van der Waals surface area contributed by atoms with E-state index in [1.165, 1.54) is 0 Å². The van der Waals surface area contributed by atoms with Crippen molar-refractivity contribution >= 4 is 28.7 Å². The molecule has 2 rings (SSSR count). The second kappa shape index (κ2) is 5.30. The molecule has 0 aliphatic carbocycles. The van der Waals surface area contributed by atoms with Gasteiger partial charge in [-0.2, -0.15) is 10.5 Å². The topological polar surface area (TPSA) is 85.6 Å². The molecule has 0 atom stereocenters. The Morgan fingerprint density at radius 1 is 1.05 bits per heavy atom. The summed E-state index contributed by atoms with van der Waals surface area (Å²) >= 11 is 6.06. The molecule has 0 aromatic heterocycles. The lowest BCUT2D eigenvalue weighted by atomic mass is 10.1. The van der Waals surface area contributed by atoms with Crippen LogP contribution in [0.4, 0.5) is 17.1 Å². The summed E-state index contributed by atoms with van der Waals surface area (Å²) in [6, 6.07) is 14.1. The first-order valence-electron chi connectivity index (χ1n) is 5.41. The third-order valence-corrected chi connectivity index (χ3v) is 2.91. The maximum atomic E-state index is 8.91. The van der Waals surface area contributed by atoms with Crippen molar-refractivity contribution < 1.29 is 0 Å². The zero-order chi connectivity index (χ0) is 13.8. The summed E-state index contributed by atoms with van der Waals surface area (Å²) in [5.41, 5.74) is 8.34. The van der Waals surface area contributed by atoms with E-state index in [-0.39, 0.29) is 0 Å². The predicted octanol–water partition coefficient (Wildman–Crippen LogP) is 3.41. The van der Waals surface area contributed by atoms with Crippen LogP contribution < -0.4 is 11.1 Å². The van der Waals surface area contributed by atoms with Crippen molar-refractivity contribution in [1.29, 1.82) is 10.5 Å². The molecule has 3 N–H and O–H groups in total. The zero-order valence-corrected chi connectivity index (χ0v) is 10.6. The van der Waals surface area contributed by atoms with Crippen LogP contribution in [0.3, 0.4) is 0 Å². The van der Waals surface area contributed by atoms with Crippen LogP contribution in [-0.4, -0.2) is 0 Å². The normalized spacial score (nSPS) is 9.42. The second-order valence-electron chi connectivity index (χ2n) is 3.81. The van der Waals surface area contributed by atoms with Gasteiger partial charge in [0.2, 0.25) is 0 Å². The van der Waals surface area contributed by atoms with Crippen LogP contribution in [0.25, 0.3) is 0 Å². The van der Waals surface area contributed by atoms with Crippen LogP contribution in [0.2, 0.25) is 5.02 Å². The molecule has 0 amide bonds. The SMILES string of the molecule is N#Cc1ccc(Nc2cccc(C#N)c2N)c(Cl)c1. The number of nitrogens with zero attached hydrogens (tertiary/aromatic N) is 2. The Morgan fingerprint density at radius 2 is 1.84 bits per heavy atom. The van der Waals surface area contributed by atoms with E-state index in [0.29, 0.717) is 33.2 Å². The number of nitrogens with one attached hydrogen (secondary N) is 1. The number of rotatable bonds is 2. The Labute approximate surface area is 115 Å². The fourth-order valence-electron chi connectivity index (χ4n) is 1.60. The summed E-state index contributed by atoms with van der Waals surface area (Å²) in [4.78, 5) is 0. The number of para-hydroxylation sites is 1. The molecule has 0 heterocycles. The molecule has 2 aromatic carbocycles. The van der Waals surface area contributed by atoms with Crippen LogP contribution in [0.5, 0.6) is 0 Å². The highest BCUT2D eigenvalue weighted by Gasteiger charge is 2.07. The average Bonchev–Trinajstić information content (AvgIpc) is 2.43. The van der Waals surface area contributed by atoms with E-state index < -0.39 is 0 Å². The highest BCUT2D eigenvalue weighted by molar-refractivity contribution is 6.33. The smallest absolute Gasteiger partial charge is 0.101 e. The first-order valence-corrected chi connectivity index (χ1v) is 5.78. The minimum atomic E-state index is 0.366. The number of nitrogens with two attached hydrogens (primary N) is 1. The van der Waals surface area contributed by atoms with Gasteiger partial charge in [-0.3, -0.25) is 0 Å². The molecule has 0 aliphatic heterocycles. The second-order valence-corrected chi connectivity index (χ2v) is 4.22. The molecular formula is C14H9ClN4. The van der Waals surface area contributed by atoms with Crippen LogP contribution in [-0.2, 0) is 0 Å². The predicted molar refractivity (Wildman–Crippen MR) is 75.0 cm³/mol.